The molecule has 0 spiro atoms. The first kappa shape index (κ1) is 16.8. The molecule has 3 rings (SSSR count). The van der Waals surface area contributed by atoms with E-state index < -0.39 is 5.97 Å². The fourth-order valence-electron chi connectivity index (χ4n) is 3.88. The highest BCUT2D eigenvalue weighted by molar-refractivity contribution is 5.78. The number of fused-ring (bicyclic) bond motifs is 1. The third-order valence-electron chi connectivity index (χ3n) is 5.14. The topological polar surface area (TPSA) is 66.8 Å². The molecule has 0 unspecified atom stereocenters. The Morgan fingerprint density at radius 2 is 2.04 bits per heavy atom. The van der Waals surface area contributed by atoms with Gasteiger partial charge in [-0.15, -0.1) is 0 Å². The van der Waals surface area contributed by atoms with Crippen molar-refractivity contribution < 1.29 is 19.4 Å². The number of hydrogen-bond acceptors (Lipinski definition) is 3. The molecule has 130 valence electrons. The number of piperidine rings is 1. The van der Waals surface area contributed by atoms with Crippen LogP contribution < -0.4 is 4.74 Å². The van der Waals surface area contributed by atoms with E-state index in [1.165, 1.54) is 0 Å². The van der Waals surface area contributed by atoms with E-state index in [9.17, 15) is 9.59 Å². The van der Waals surface area contributed by atoms with Crippen molar-refractivity contribution in [1.82, 2.24) is 4.90 Å². The molecule has 2 aliphatic rings. The van der Waals surface area contributed by atoms with Gasteiger partial charge < -0.3 is 14.7 Å². The first-order valence-electron chi connectivity index (χ1n) is 8.88. The Labute approximate surface area is 142 Å². The molecule has 5 heteroatoms. The third kappa shape index (κ3) is 3.89. The van der Waals surface area contributed by atoms with Crippen LogP contribution in [0.3, 0.4) is 0 Å². The summed E-state index contributed by atoms with van der Waals surface area (Å²) in [6.07, 6.45) is 5.05. The van der Waals surface area contributed by atoms with Crippen LogP contribution in [0.25, 0.3) is 0 Å². The molecule has 5 nitrogen and oxygen atoms in total. The van der Waals surface area contributed by atoms with Crippen LogP contribution in [-0.4, -0.2) is 41.1 Å². The zero-order valence-corrected chi connectivity index (χ0v) is 13.9. The van der Waals surface area contributed by atoms with Gasteiger partial charge in [0.05, 0.1) is 6.61 Å². The first-order chi connectivity index (χ1) is 11.6. The van der Waals surface area contributed by atoms with Crippen molar-refractivity contribution >= 4 is 11.9 Å². The smallest absolute Gasteiger partial charge is 0.303 e. The molecule has 1 amide bonds. The van der Waals surface area contributed by atoms with Gasteiger partial charge in [-0.2, -0.15) is 0 Å². The fraction of sp³-hybridized carbons (Fsp3) is 0.579. The number of carboxylic acid groups (broad SMARTS) is 1. The van der Waals surface area contributed by atoms with E-state index in [1.54, 1.807) is 0 Å². The number of para-hydroxylation sites is 1. The highest BCUT2D eigenvalue weighted by Crippen LogP contribution is 2.36. The van der Waals surface area contributed by atoms with E-state index in [1.807, 2.05) is 29.2 Å². The number of nitrogens with zero attached hydrogens (tertiary/aromatic N) is 1. The number of rotatable bonds is 5. The molecule has 2 atom stereocenters. The predicted octanol–water partition coefficient (Wildman–Crippen LogP) is 3.19. The van der Waals surface area contributed by atoms with Crippen molar-refractivity contribution in [2.45, 2.75) is 56.9 Å². The Hall–Kier alpha value is -2.04. The minimum absolute atomic E-state index is 0.0810. The second-order valence-electron chi connectivity index (χ2n) is 6.75. The normalized spacial score (nSPS) is 23.2. The van der Waals surface area contributed by atoms with E-state index in [0.29, 0.717) is 19.4 Å². The van der Waals surface area contributed by atoms with Crippen molar-refractivity contribution in [1.29, 1.82) is 0 Å². The summed E-state index contributed by atoms with van der Waals surface area (Å²) in [4.78, 5) is 25.7. The van der Waals surface area contributed by atoms with Crippen molar-refractivity contribution in [3.05, 3.63) is 29.8 Å². The maximum Gasteiger partial charge on any atom is 0.303 e. The second-order valence-corrected chi connectivity index (χ2v) is 6.75. The molecule has 0 aromatic heterocycles. The maximum absolute atomic E-state index is 12.9. The summed E-state index contributed by atoms with van der Waals surface area (Å²) in [7, 11) is 0. The molecule has 0 aliphatic carbocycles. The zero-order valence-electron chi connectivity index (χ0n) is 13.9. The van der Waals surface area contributed by atoms with Crippen molar-refractivity contribution in [3.63, 3.8) is 0 Å². The summed E-state index contributed by atoms with van der Waals surface area (Å²) in [5.41, 5.74) is 1.12. The molecule has 2 heterocycles. The molecule has 0 bridgehead atoms. The van der Waals surface area contributed by atoms with Crippen molar-refractivity contribution in [2.24, 2.45) is 0 Å². The number of hydrogen-bond donors (Lipinski definition) is 1. The van der Waals surface area contributed by atoms with Crippen LogP contribution in [-0.2, 0) is 9.59 Å². The number of aliphatic carboxylic acids is 1. The van der Waals surface area contributed by atoms with Crippen LogP contribution in [0.1, 0.15) is 56.4 Å². The Morgan fingerprint density at radius 1 is 1.21 bits per heavy atom. The number of benzene rings is 1. The van der Waals surface area contributed by atoms with Crippen LogP contribution >= 0.6 is 0 Å². The monoisotopic (exact) mass is 331 g/mol. The number of ether oxygens (including phenoxy) is 1. The van der Waals surface area contributed by atoms with Crippen molar-refractivity contribution in [3.8, 4) is 5.75 Å². The van der Waals surface area contributed by atoms with Gasteiger partial charge in [0.25, 0.3) is 0 Å². The molecule has 0 radical (unpaired) electrons. The second kappa shape index (κ2) is 7.69. The van der Waals surface area contributed by atoms with Crippen molar-refractivity contribution in [2.75, 3.05) is 13.2 Å². The van der Waals surface area contributed by atoms with E-state index in [4.69, 9.17) is 9.84 Å². The summed E-state index contributed by atoms with van der Waals surface area (Å²) in [5, 5.41) is 8.92. The Balaban J connectivity index is 1.66. The lowest BCUT2D eigenvalue weighted by atomic mass is 9.89. The van der Waals surface area contributed by atoms with Gasteiger partial charge in [-0.3, -0.25) is 9.59 Å². The van der Waals surface area contributed by atoms with Gasteiger partial charge in [0.1, 0.15) is 5.75 Å². The summed E-state index contributed by atoms with van der Waals surface area (Å²) >= 11 is 0. The molecule has 0 saturated carbocycles. The summed E-state index contributed by atoms with van der Waals surface area (Å²) in [6, 6.07) is 8.03. The van der Waals surface area contributed by atoms with E-state index in [2.05, 4.69) is 0 Å². The lowest BCUT2D eigenvalue weighted by Gasteiger charge is -2.37. The highest BCUT2D eigenvalue weighted by atomic mass is 16.5. The lowest BCUT2D eigenvalue weighted by molar-refractivity contribution is -0.140. The number of likely N-dealkylation sites (tertiary alicyclic amines) is 1. The molecule has 2 aliphatic heterocycles. The van der Waals surface area contributed by atoms with Gasteiger partial charge in [-0.05, 0) is 49.7 Å². The van der Waals surface area contributed by atoms with Crippen LogP contribution in [0.4, 0.5) is 0 Å². The number of carbonyl (C=O) groups is 2. The number of carbonyl (C=O) groups excluding carboxylic acids is 1. The van der Waals surface area contributed by atoms with E-state index >= 15 is 0 Å². The molecule has 1 N–H and O–H groups in total. The molecular formula is C19H25NO4. The molecule has 1 fully saturated rings. The molecule has 1 aromatic rings. The van der Waals surface area contributed by atoms with Crippen LogP contribution in [0.15, 0.2) is 24.3 Å². The van der Waals surface area contributed by atoms with Crippen LogP contribution in [0, 0.1) is 0 Å². The molecular weight excluding hydrogens is 306 g/mol. The van der Waals surface area contributed by atoms with Gasteiger partial charge >= 0.3 is 5.97 Å². The first-order valence-corrected chi connectivity index (χ1v) is 8.88. The average Bonchev–Trinajstić information content (AvgIpc) is 2.60. The molecule has 1 saturated heterocycles. The maximum atomic E-state index is 12.9. The minimum atomic E-state index is -0.786. The van der Waals surface area contributed by atoms with E-state index in [-0.39, 0.29) is 24.3 Å². The van der Waals surface area contributed by atoms with Gasteiger partial charge in [-0.25, -0.2) is 0 Å². The Bertz CT molecular complexity index is 601. The predicted molar refractivity (Wildman–Crippen MR) is 90.1 cm³/mol. The molecule has 24 heavy (non-hydrogen) atoms. The van der Waals surface area contributed by atoms with E-state index in [0.717, 1.165) is 43.5 Å². The Morgan fingerprint density at radius 3 is 2.88 bits per heavy atom. The van der Waals surface area contributed by atoms with Crippen LogP contribution in [0.2, 0.25) is 0 Å². The summed E-state index contributed by atoms with van der Waals surface area (Å²) < 4.78 is 5.68. The number of carboxylic acids is 1. The fourth-order valence-corrected chi connectivity index (χ4v) is 3.88. The average molecular weight is 331 g/mol. The third-order valence-corrected chi connectivity index (χ3v) is 5.14. The van der Waals surface area contributed by atoms with Crippen LogP contribution in [0.5, 0.6) is 5.75 Å². The summed E-state index contributed by atoms with van der Waals surface area (Å²) in [5.74, 6) is 0.463. The highest BCUT2D eigenvalue weighted by Gasteiger charge is 2.30. The van der Waals surface area contributed by atoms with Gasteiger partial charge in [0, 0.05) is 25.4 Å². The Kier molecular flexibility index (Phi) is 5.38. The number of amides is 1. The quantitative estimate of drug-likeness (QED) is 0.900. The lowest BCUT2D eigenvalue weighted by Crippen LogP contribution is -2.44. The molecule has 1 aromatic carbocycles. The van der Waals surface area contributed by atoms with Gasteiger partial charge in [-0.1, -0.05) is 18.2 Å². The van der Waals surface area contributed by atoms with Gasteiger partial charge in [0.15, 0.2) is 0 Å². The standard InChI is InChI=1S/C19H25NO4/c21-18(20-11-4-3-5-15(20)8-9-19(22)23)13-14-10-12-24-17-7-2-1-6-16(14)17/h1-2,6-7,14-15H,3-5,8-13H2,(H,22,23)/t14-,15+/m0/s1. The zero-order chi connectivity index (χ0) is 16.9. The van der Waals surface area contributed by atoms with Gasteiger partial charge in [0.2, 0.25) is 5.91 Å². The largest absolute Gasteiger partial charge is 0.493 e. The minimum Gasteiger partial charge on any atom is -0.493 e. The SMILES string of the molecule is O=C(O)CC[C@H]1CCCCN1C(=O)C[C@@H]1CCOc2ccccc21. The summed E-state index contributed by atoms with van der Waals surface area (Å²) in [6.45, 7) is 1.41.